The molecule has 1 aromatic heterocycles. The summed E-state index contributed by atoms with van der Waals surface area (Å²) in [6, 6.07) is 21.7. The Balaban J connectivity index is 1.48. The zero-order valence-corrected chi connectivity index (χ0v) is 16.7. The first kappa shape index (κ1) is 19.7. The first-order chi connectivity index (χ1) is 14.6. The van der Waals surface area contributed by atoms with Crippen LogP contribution in [0.2, 0.25) is 5.02 Å². The molecule has 4 rings (SSSR count). The Bertz CT molecular complexity index is 1260. The van der Waals surface area contributed by atoms with E-state index in [1.165, 1.54) is 10.9 Å². The maximum Gasteiger partial charge on any atom is 0.411 e. The fourth-order valence-electron chi connectivity index (χ4n) is 3.06. The van der Waals surface area contributed by atoms with Gasteiger partial charge < -0.3 is 4.74 Å². The molecule has 0 saturated carbocycles. The molecule has 0 fully saturated rings. The third kappa shape index (κ3) is 4.67. The number of ether oxygens (including phenoxy) is 1. The van der Waals surface area contributed by atoms with Gasteiger partial charge >= 0.3 is 6.09 Å². The molecule has 1 heterocycles. The summed E-state index contributed by atoms with van der Waals surface area (Å²) in [6.45, 7) is 0.543. The number of carbonyl (C=O) groups excluding carboxylic acids is 1. The highest BCUT2D eigenvalue weighted by Crippen LogP contribution is 2.16. The average molecular weight is 420 g/mol. The van der Waals surface area contributed by atoms with E-state index in [0.29, 0.717) is 28.2 Å². The van der Waals surface area contributed by atoms with Gasteiger partial charge in [0.1, 0.15) is 6.61 Å². The normalized spacial score (nSPS) is 10.7. The minimum absolute atomic E-state index is 0.168. The molecule has 6 nitrogen and oxygen atoms in total. The van der Waals surface area contributed by atoms with Crippen LogP contribution < -0.4 is 10.9 Å². The minimum Gasteiger partial charge on any atom is -0.444 e. The van der Waals surface area contributed by atoms with Crippen LogP contribution in [0.15, 0.2) is 83.9 Å². The average Bonchev–Trinajstić information content (AvgIpc) is 2.75. The van der Waals surface area contributed by atoms with Crippen LogP contribution >= 0.6 is 11.6 Å². The van der Waals surface area contributed by atoms with Gasteiger partial charge in [0.05, 0.1) is 23.8 Å². The molecule has 1 N–H and O–H groups in total. The van der Waals surface area contributed by atoms with Crippen molar-refractivity contribution in [3.8, 4) is 0 Å². The first-order valence-corrected chi connectivity index (χ1v) is 9.68. The van der Waals surface area contributed by atoms with E-state index >= 15 is 0 Å². The molecule has 7 heteroatoms. The summed E-state index contributed by atoms with van der Waals surface area (Å²) in [5.41, 5.74) is 2.62. The van der Waals surface area contributed by atoms with Crippen molar-refractivity contribution in [2.45, 2.75) is 13.2 Å². The number of carbonyl (C=O) groups is 1. The van der Waals surface area contributed by atoms with Crippen LogP contribution in [0, 0.1) is 0 Å². The molecule has 0 saturated heterocycles. The number of anilines is 1. The van der Waals surface area contributed by atoms with Crippen molar-refractivity contribution in [1.29, 1.82) is 0 Å². The van der Waals surface area contributed by atoms with E-state index in [2.05, 4.69) is 10.3 Å². The fraction of sp³-hybridized carbons (Fsp3) is 0.0870. The molecule has 0 aliphatic rings. The predicted molar refractivity (Wildman–Crippen MR) is 117 cm³/mol. The highest BCUT2D eigenvalue weighted by atomic mass is 35.5. The number of nitrogens with one attached hydrogen (secondary N) is 1. The second-order valence-electron chi connectivity index (χ2n) is 6.73. The van der Waals surface area contributed by atoms with Crippen molar-refractivity contribution in [2.75, 3.05) is 5.32 Å². The summed E-state index contributed by atoms with van der Waals surface area (Å²) in [5.74, 6) is 0. The van der Waals surface area contributed by atoms with Gasteiger partial charge in [-0.25, -0.2) is 9.78 Å². The summed E-state index contributed by atoms with van der Waals surface area (Å²) in [6.07, 6.45) is 0.913. The van der Waals surface area contributed by atoms with Crippen molar-refractivity contribution in [3.63, 3.8) is 0 Å². The van der Waals surface area contributed by atoms with Crippen LogP contribution in [-0.4, -0.2) is 15.6 Å². The van der Waals surface area contributed by atoms with Crippen LogP contribution in [0.1, 0.15) is 11.1 Å². The zero-order valence-electron chi connectivity index (χ0n) is 15.9. The molecule has 3 aromatic carbocycles. The number of nitrogens with zero attached hydrogens (tertiary/aromatic N) is 2. The Morgan fingerprint density at radius 2 is 1.80 bits per heavy atom. The van der Waals surface area contributed by atoms with Gasteiger partial charge in [-0.2, -0.15) is 0 Å². The molecule has 0 unspecified atom stereocenters. The van der Waals surface area contributed by atoms with Crippen LogP contribution in [0.25, 0.3) is 10.9 Å². The lowest BCUT2D eigenvalue weighted by Gasteiger charge is -2.09. The molecule has 0 radical (unpaired) electrons. The van der Waals surface area contributed by atoms with Crippen molar-refractivity contribution < 1.29 is 9.53 Å². The van der Waals surface area contributed by atoms with Gasteiger partial charge in [-0.1, -0.05) is 54.1 Å². The molecular weight excluding hydrogens is 402 g/mol. The molecule has 0 atom stereocenters. The van der Waals surface area contributed by atoms with Gasteiger partial charge in [0.2, 0.25) is 0 Å². The van der Waals surface area contributed by atoms with Gasteiger partial charge in [-0.05, 0) is 41.5 Å². The topological polar surface area (TPSA) is 73.2 Å². The lowest BCUT2D eigenvalue weighted by Crippen LogP contribution is -2.21. The van der Waals surface area contributed by atoms with E-state index in [1.54, 1.807) is 24.3 Å². The second kappa shape index (κ2) is 8.80. The lowest BCUT2D eigenvalue weighted by molar-refractivity contribution is 0.155. The zero-order chi connectivity index (χ0) is 20.9. The van der Waals surface area contributed by atoms with Gasteiger partial charge in [0.25, 0.3) is 5.56 Å². The highest BCUT2D eigenvalue weighted by Gasteiger charge is 2.09. The molecule has 150 valence electrons. The Morgan fingerprint density at radius 3 is 2.60 bits per heavy atom. The van der Waals surface area contributed by atoms with Crippen molar-refractivity contribution in [1.82, 2.24) is 9.55 Å². The van der Waals surface area contributed by atoms with Gasteiger partial charge in [-0.15, -0.1) is 0 Å². The highest BCUT2D eigenvalue weighted by molar-refractivity contribution is 6.30. The van der Waals surface area contributed by atoms with Crippen molar-refractivity contribution in [3.05, 3.63) is 106 Å². The van der Waals surface area contributed by atoms with E-state index in [4.69, 9.17) is 16.3 Å². The number of halogens is 1. The number of benzene rings is 3. The predicted octanol–water partition coefficient (Wildman–Crippen LogP) is 4.85. The van der Waals surface area contributed by atoms with E-state index in [1.807, 2.05) is 48.5 Å². The molecule has 1 amide bonds. The summed E-state index contributed by atoms with van der Waals surface area (Å²) < 4.78 is 6.74. The molecule has 0 aliphatic carbocycles. The quantitative estimate of drug-likeness (QED) is 0.502. The monoisotopic (exact) mass is 419 g/mol. The minimum atomic E-state index is -0.576. The third-order valence-electron chi connectivity index (χ3n) is 4.53. The van der Waals surface area contributed by atoms with Crippen molar-refractivity contribution in [2.24, 2.45) is 0 Å². The van der Waals surface area contributed by atoms with Crippen molar-refractivity contribution >= 4 is 34.3 Å². The largest absolute Gasteiger partial charge is 0.444 e. The van der Waals surface area contributed by atoms with Crippen LogP contribution in [-0.2, 0) is 17.9 Å². The summed E-state index contributed by atoms with van der Waals surface area (Å²) in [4.78, 5) is 29.2. The van der Waals surface area contributed by atoms with Gasteiger partial charge in [0.15, 0.2) is 0 Å². The Morgan fingerprint density at radius 1 is 1.00 bits per heavy atom. The Hall–Kier alpha value is -3.64. The van der Waals surface area contributed by atoms with E-state index in [9.17, 15) is 9.59 Å². The smallest absolute Gasteiger partial charge is 0.411 e. The van der Waals surface area contributed by atoms with E-state index in [-0.39, 0.29) is 12.2 Å². The maximum atomic E-state index is 12.8. The fourth-order valence-corrected chi connectivity index (χ4v) is 3.27. The molecule has 0 aliphatic heterocycles. The first-order valence-electron chi connectivity index (χ1n) is 9.30. The number of hydrogen-bond acceptors (Lipinski definition) is 4. The number of fused-ring (bicyclic) bond motifs is 1. The second-order valence-corrected chi connectivity index (χ2v) is 7.16. The molecule has 0 bridgehead atoms. The van der Waals surface area contributed by atoms with Crippen LogP contribution in [0.5, 0.6) is 0 Å². The molecular formula is C23H18ClN3O3. The number of rotatable bonds is 5. The molecule has 30 heavy (non-hydrogen) atoms. The summed E-state index contributed by atoms with van der Waals surface area (Å²) in [7, 11) is 0. The Labute approximate surface area is 177 Å². The van der Waals surface area contributed by atoms with Crippen LogP contribution in [0.3, 0.4) is 0 Å². The summed E-state index contributed by atoms with van der Waals surface area (Å²) >= 11 is 6.01. The maximum absolute atomic E-state index is 12.8. The molecule has 0 spiro atoms. The number of amides is 1. The van der Waals surface area contributed by atoms with E-state index < -0.39 is 6.09 Å². The summed E-state index contributed by atoms with van der Waals surface area (Å²) in [5, 5.41) is 3.74. The number of hydrogen-bond donors (Lipinski definition) is 1. The third-order valence-corrected chi connectivity index (χ3v) is 4.76. The Kier molecular flexibility index (Phi) is 5.77. The van der Waals surface area contributed by atoms with Gasteiger partial charge in [0, 0.05) is 10.7 Å². The van der Waals surface area contributed by atoms with Crippen LogP contribution in [0.4, 0.5) is 10.5 Å². The molecule has 4 aromatic rings. The van der Waals surface area contributed by atoms with E-state index in [0.717, 1.165) is 11.1 Å². The lowest BCUT2D eigenvalue weighted by atomic mass is 10.2. The van der Waals surface area contributed by atoms with Gasteiger partial charge in [-0.3, -0.25) is 14.7 Å². The standard InChI is InChI=1S/C23H18ClN3O3/c24-18-8-4-7-17(11-18)13-27-15-25-21-12-19(9-10-20(21)22(27)28)26-23(29)30-14-16-5-2-1-3-6-16/h1-12,15H,13-14H2,(H,26,29). The SMILES string of the molecule is O=C(Nc1ccc2c(=O)n(Cc3cccc(Cl)c3)cnc2c1)OCc1ccccc1. The number of aromatic nitrogens is 2.